The summed E-state index contributed by atoms with van der Waals surface area (Å²) in [5.74, 6) is 0. The Morgan fingerprint density at radius 3 is 2.70 bits per heavy atom. The zero-order chi connectivity index (χ0) is 14.2. The maximum absolute atomic E-state index is 3.59. The highest BCUT2D eigenvalue weighted by molar-refractivity contribution is 4.84. The summed E-state index contributed by atoms with van der Waals surface area (Å²) in [5, 5.41) is 3.59. The number of likely N-dealkylation sites (tertiary alicyclic amines) is 2. The van der Waals surface area contributed by atoms with Crippen LogP contribution in [-0.2, 0) is 0 Å². The van der Waals surface area contributed by atoms with Gasteiger partial charge in [0, 0.05) is 18.6 Å². The van der Waals surface area contributed by atoms with Gasteiger partial charge in [-0.2, -0.15) is 0 Å². The summed E-state index contributed by atoms with van der Waals surface area (Å²) >= 11 is 0. The van der Waals surface area contributed by atoms with Crippen LogP contribution in [0.1, 0.15) is 58.8 Å². The molecule has 0 bridgehead atoms. The fourth-order valence-electron chi connectivity index (χ4n) is 3.71. The van der Waals surface area contributed by atoms with Crippen molar-refractivity contribution in [3.63, 3.8) is 0 Å². The number of hydrogen-bond donors (Lipinski definition) is 1. The van der Waals surface area contributed by atoms with Crippen LogP contribution in [0.4, 0.5) is 0 Å². The number of nitrogens with one attached hydrogen (secondary N) is 1. The van der Waals surface area contributed by atoms with Crippen LogP contribution in [0.2, 0.25) is 0 Å². The van der Waals surface area contributed by atoms with Crippen molar-refractivity contribution >= 4 is 0 Å². The van der Waals surface area contributed by atoms with Crippen molar-refractivity contribution < 1.29 is 0 Å². The molecular weight excluding hydrogens is 246 g/mol. The van der Waals surface area contributed by atoms with E-state index in [9.17, 15) is 0 Å². The van der Waals surface area contributed by atoms with Crippen molar-refractivity contribution in [3.05, 3.63) is 0 Å². The smallest absolute Gasteiger partial charge is 0.0235 e. The van der Waals surface area contributed by atoms with E-state index in [0.29, 0.717) is 6.04 Å². The minimum atomic E-state index is 0.690. The van der Waals surface area contributed by atoms with E-state index in [1.165, 1.54) is 84.2 Å². The topological polar surface area (TPSA) is 18.5 Å². The second kappa shape index (κ2) is 9.01. The van der Waals surface area contributed by atoms with Crippen LogP contribution in [0.15, 0.2) is 0 Å². The molecule has 0 spiro atoms. The van der Waals surface area contributed by atoms with Gasteiger partial charge in [-0.05, 0) is 78.2 Å². The second-order valence-corrected chi connectivity index (χ2v) is 6.84. The fourth-order valence-corrected chi connectivity index (χ4v) is 3.71. The molecule has 2 heterocycles. The van der Waals surface area contributed by atoms with E-state index in [1.807, 2.05) is 0 Å². The molecule has 2 saturated heterocycles. The lowest BCUT2D eigenvalue weighted by Crippen LogP contribution is -2.41. The summed E-state index contributed by atoms with van der Waals surface area (Å²) in [6.45, 7) is 12.4. The van der Waals surface area contributed by atoms with Gasteiger partial charge < -0.3 is 10.2 Å². The van der Waals surface area contributed by atoms with E-state index in [-0.39, 0.29) is 0 Å². The van der Waals surface area contributed by atoms with Gasteiger partial charge in [-0.1, -0.05) is 13.3 Å². The van der Waals surface area contributed by atoms with Gasteiger partial charge in [0.15, 0.2) is 0 Å². The molecular formula is C17H35N3. The summed E-state index contributed by atoms with van der Waals surface area (Å²) in [5.41, 5.74) is 0. The maximum Gasteiger partial charge on any atom is 0.0235 e. The highest BCUT2D eigenvalue weighted by Crippen LogP contribution is 2.20. The lowest BCUT2D eigenvalue weighted by Gasteiger charge is -2.32. The van der Waals surface area contributed by atoms with Gasteiger partial charge >= 0.3 is 0 Å². The molecule has 0 amide bonds. The standard InChI is InChI=1S/C17H35N3/c1-3-10-18-16(2)8-7-11-19-14-9-17(15-19)20-12-5-4-6-13-20/h16-18H,3-15H2,1-2H3. The first-order chi connectivity index (χ1) is 9.79. The van der Waals surface area contributed by atoms with Crippen LogP contribution < -0.4 is 5.32 Å². The second-order valence-electron chi connectivity index (χ2n) is 6.84. The SMILES string of the molecule is CCCNC(C)CCCN1CCC(N2CCCCC2)C1. The maximum atomic E-state index is 3.59. The quantitative estimate of drug-likeness (QED) is 0.738. The van der Waals surface area contributed by atoms with Gasteiger partial charge in [-0.25, -0.2) is 0 Å². The first kappa shape index (κ1) is 16.3. The van der Waals surface area contributed by atoms with E-state index in [4.69, 9.17) is 0 Å². The van der Waals surface area contributed by atoms with Gasteiger partial charge in [-0.3, -0.25) is 4.90 Å². The molecule has 118 valence electrons. The first-order valence-corrected chi connectivity index (χ1v) is 8.99. The van der Waals surface area contributed by atoms with Crippen molar-refractivity contribution in [2.24, 2.45) is 0 Å². The Labute approximate surface area is 126 Å². The van der Waals surface area contributed by atoms with Crippen LogP contribution in [-0.4, -0.2) is 61.2 Å². The minimum absolute atomic E-state index is 0.690. The fraction of sp³-hybridized carbons (Fsp3) is 1.00. The van der Waals surface area contributed by atoms with E-state index >= 15 is 0 Å². The predicted molar refractivity (Wildman–Crippen MR) is 87.3 cm³/mol. The average molecular weight is 281 g/mol. The van der Waals surface area contributed by atoms with Crippen LogP contribution >= 0.6 is 0 Å². The third kappa shape index (κ3) is 5.34. The lowest BCUT2D eigenvalue weighted by atomic mass is 10.1. The Hall–Kier alpha value is -0.120. The van der Waals surface area contributed by atoms with Crippen LogP contribution in [0.25, 0.3) is 0 Å². The third-order valence-corrected chi connectivity index (χ3v) is 5.01. The summed E-state index contributed by atoms with van der Waals surface area (Å²) < 4.78 is 0. The van der Waals surface area contributed by atoms with Crippen molar-refractivity contribution in [2.45, 2.75) is 70.9 Å². The molecule has 0 aliphatic carbocycles. The number of piperidine rings is 1. The molecule has 0 aromatic rings. The Bertz CT molecular complexity index is 251. The van der Waals surface area contributed by atoms with Gasteiger partial charge in [0.05, 0.1) is 0 Å². The molecule has 0 aromatic carbocycles. The Morgan fingerprint density at radius 2 is 1.95 bits per heavy atom. The monoisotopic (exact) mass is 281 g/mol. The minimum Gasteiger partial charge on any atom is -0.314 e. The molecule has 20 heavy (non-hydrogen) atoms. The molecule has 2 atom stereocenters. The van der Waals surface area contributed by atoms with E-state index in [2.05, 4.69) is 29.0 Å². The molecule has 0 saturated carbocycles. The Kier molecular flexibility index (Phi) is 7.32. The third-order valence-electron chi connectivity index (χ3n) is 5.01. The normalized spacial score (nSPS) is 27.0. The van der Waals surface area contributed by atoms with Gasteiger partial charge in [-0.15, -0.1) is 0 Å². The summed E-state index contributed by atoms with van der Waals surface area (Å²) in [4.78, 5) is 5.46. The van der Waals surface area contributed by atoms with Crippen molar-refractivity contribution in [3.8, 4) is 0 Å². The highest BCUT2D eigenvalue weighted by Gasteiger charge is 2.27. The number of rotatable bonds is 8. The largest absolute Gasteiger partial charge is 0.314 e. The molecule has 3 heteroatoms. The summed E-state index contributed by atoms with van der Waals surface area (Å²) in [6, 6.07) is 1.56. The average Bonchev–Trinajstić information content (AvgIpc) is 2.95. The highest BCUT2D eigenvalue weighted by atomic mass is 15.3. The summed E-state index contributed by atoms with van der Waals surface area (Å²) in [6.07, 6.45) is 9.64. The number of hydrogen-bond acceptors (Lipinski definition) is 3. The summed E-state index contributed by atoms with van der Waals surface area (Å²) in [7, 11) is 0. The lowest BCUT2D eigenvalue weighted by molar-refractivity contribution is 0.161. The van der Waals surface area contributed by atoms with E-state index in [0.717, 1.165) is 6.04 Å². The first-order valence-electron chi connectivity index (χ1n) is 8.99. The van der Waals surface area contributed by atoms with Crippen molar-refractivity contribution in [1.29, 1.82) is 0 Å². The van der Waals surface area contributed by atoms with Crippen LogP contribution in [0.5, 0.6) is 0 Å². The van der Waals surface area contributed by atoms with Gasteiger partial charge in [0.25, 0.3) is 0 Å². The molecule has 0 aromatic heterocycles. The van der Waals surface area contributed by atoms with Crippen molar-refractivity contribution in [2.75, 3.05) is 39.3 Å². The Balaban J connectivity index is 1.56. The molecule has 2 aliphatic heterocycles. The molecule has 3 nitrogen and oxygen atoms in total. The zero-order valence-corrected chi connectivity index (χ0v) is 13.7. The molecule has 2 unspecified atom stereocenters. The van der Waals surface area contributed by atoms with Gasteiger partial charge in [0.2, 0.25) is 0 Å². The Morgan fingerprint density at radius 1 is 1.15 bits per heavy atom. The molecule has 0 radical (unpaired) electrons. The molecule has 1 N–H and O–H groups in total. The predicted octanol–water partition coefficient (Wildman–Crippen LogP) is 2.71. The molecule has 2 rings (SSSR count). The van der Waals surface area contributed by atoms with Gasteiger partial charge in [0.1, 0.15) is 0 Å². The molecule has 2 fully saturated rings. The van der Waals surface area contributed by atoms with Crippen LogP contribution in [0, 0.1) is 0 Å². The molecule has 2 aliphatic rings. The van der Waals surface area contributed by atoms with Crippen LogP contribution in [0.3, 0.4) is 0 Å². The zero-order valence-electron chi connectivity index (χ0n) is 13.7. The van der Waals surface area contributed by atoms with E-state index in [1.54, 1.807) is 0 Å². The van der Waals surface area contributed by atoms with E-state index < -0.39 is 0 Å². The van der Waals surface area contributed by atoms with Crippen molar-refractivity contribution in [1.82, 2.24) is 15.1 Å². The number of nitrogens with zero attached hydrogens (tertiary/aromatic N) is 2.